The van der Waals surface area contributed by atoms with Crippen LogP contribution in [0, 0.1) is 5.41 Å². The Labute approximate surface area is 96.8 Å². The highest BCUT2D eigenvalue weighted by Gasteiger charge is 2.27. The summed E-state index contributed by atoms with van der Waals surface area (Å²) in [6.45, 7) is 7.11. The molecule has 1 amide bonds. The number of carbonyl (C=O) groups excluding carboxylic acids is 1. The van der Waals surface area contributed by atoms with Crippen LogP contribution in [-0.2, 0) is 4.79 Å². The van der Waals surface area contributed by atoms with Gasteiger partial charge in [0.2, 0.25) is 5.91 Å². The van der Waals surface area contributed by atoms with Gasteiger partial charge in [0.1, 0.15) is 0 Å². The molecule has 1 aliphatic heterocycles. The van der Waals surface area contributed by atoms with Gasteiger partial charge >= 0.3 is 0 Å². The highest BCUT2D eigenvalue weighted by molar-refractivity contribution is 7.99. The van der Waals surface area contributed by atoms with E-state index in [1.165, 1.54) is 12.8 Å². The molecule has 1 saturated heterocycles. The van der Waals surface area contributed by atoms with E-state index in [9.17, 15) is 4.79 Å². The first-order valence-electron chi connectivity index (χ1n) is 5.59. The number of piperidine rings is 1. The van der Waals surface area contributed by atoms with Gasteiger partial charge in [0.15, 0.2) is 0 Å². The summed E-state index contributed by atoms with van der Waals surface area (Å²) in [5, 5.41) is 6.49. The van der Waals surface area contributed by atoms with Crippen molar-refractivity contribution in [3.8, 4) is 0 Å². The van der Waals surface area contributed by atoms with Gasteiger partial charge in [-0.15, -0.1) is 0 Å². The Morgan fingerprint density at radius 2 is 2.40 bits per heavy atom. The average molecular weight is 230 g/mol. The first-order chi connectivity index (χ1) is 7.07. The van der Waals surface area contributed by atoms with Crippen LogP contribution in [0.2, 0.25) is 0 Å². The molecule has 15 heavy (non-hydrogen) atoms. The monoisotopic (exact) mass is 230 g/mol. The van der Waals surface area contributed by atoms with Gasteiger partial charge in [-0.3, -0.25) is 4.79 Å². The van der Waals surface area contributed by atoms with Gasteiger partial charge in [0.05, 0.1) is 5.25 Å². The maximum absolute atomic E-state index is 11.6. The van der Waals surface area contributed by atoms with Crippen molar-refractivity contribution in [2.24, 2.45) is 5.41 Å². The Kier molecular flexibility index (Phi) is 4.93. The molecule has 3 nitrogen and oxygen atoms in total. The summed E-state index contributed by atoms with van der Waals surface area (Å²) in [6.07, 6.45) is 4.38. The third kappa shape index (κ3) is 4.03. The summed E-state index contributed by atoms with van der Waals surface area (Å²) in [7, 11) is 0. The molecule has 1 fully saturated rings. The molecule has 0 aliphatic carbocycles. The van der Waals surface area contributed by atoms with Crippen LogP contribution in [0.4, 0.5) is 0 Å². The zero-order valence-electron chi connectivity index (χ0n) is 9.93. The van der Waals surface area contributed by atoms with E-state index in [2.05, 4.69) is 17.6 Å². The number of carbonyl (C=O) groups is 1. The van der Waals surface area contributed by atoms with Crippen molar-refractivity contribution < 1.29 is 4.79 Å². The van der Waals surface area contributed by atoms with Gasteiger partial charge in [-0.05, 0) is 38.0 Å². The highest BCUT2D eigenvalue weighted by atomic mass is 32.2. The molecule has 0 spiro atoms. The molecule has 2 unspecified atom stereocenters. The minimum atomic E-state index is 0.0603. The number of nitrogens with one attached hydrogen (secondary N) is 2. The molecule has 1 rings (SSSR count). The molecule has 0 aromatic rings. The molecular formula is C11H22N2OS. The van der Waals surface area contributed by atoms with Crippen LogP contribution in [0.25, 0.3) is 0 Å². The number of thioether (sulfide) groups is 1. The molecule has 2 N–H and O–H groups in total. The topological polar surface area (TPSA) is 41.1 Å². The third-order valence-electron chi connectivity index (χ3n) is 3.10. The summed E-state index contributed by atoms with van der Waals surface area (Å²) in [5.41, 5.74) is 0.242. The number of rotatable bonds is 4. The quantitative estimate of drug-likeness (QED) is 0.763. The maximum Gasteiger partial charge on any atom is 0.232 e. The van der Waals surface area contributed by atoms with Crippen molar-refractivity contribution in [1.82, 2.24) is 10.6 Å². The first kappa shape index (κ1) is 12.8. The Bertz CT molecular complexity index is 215. The van der Waals surface area contributed by atoms with E-state index in [0.29, 0.717) is 0 Å². The summed E-state index contributed by atoms with van der Waals surface area (Å²) < 4.78 is 0. The minimum Gasteiger partial charge on any atom is -0.355 e. The largest absolute Gasteiger partial charge is 0.355 e. The number of amides is 1. The first-order valence-corrected chi connectivity index (χ1v) is 6.87. The summed E-state index contributed by atoms with van der Waals surface area (Å²) in [6, 6.07) is 0. The molecule has 0 aromatic carbocycles. The normalized spacial score (nSPS) is 28.5. The van der Waals surface area contributed by atoms with Crippen molar-refractivity contribution in [3.05, 3.63) is 0 Å². The van der Waals surface area contributed by atoms with E-state index in [1.807, 2.05) is 13.2 Å². The lowest BCUT2D eigenvalue weighted by atomic mass is 9.83. The van der Waals surface area contributed by atoms with Gasteiger partial charge in [0.25, 0.3) is 0 Å². The molecule has 1 aliphatic rings. The molecule has 0 aromatic heterocycles. The molecule has 4 heteroatoms. The van der Waals surface area contributed by atoms with Crippen LogP contribution in [0.3, 0.4) is 0 Å². The molecule has 0 bridgehead atoms. The smallest absolute Gasteiger partial charge is 0.232 e. The summed E-state index contributed by atoms with van der Waals surface area (Å²) >= 11 is 1.59. The Balaban J connectivity index is 2.31. The van der Waals surface area contributed by atoms with E-state index < -0.39 is 0 Å². The van der Waals surface area contributed by atoms with E-state index in [-0.39, 0.29) is 16.6 Å². The van der Waals surface area contributed by atoms with Crippen LogP contribution >= 0.6 is 11.8 Å². The van der Waals surface area contributed by atoms with E-state index in [1.54, 1.807) is 11.8 Å². The zero-order valence-corrected chi connectivity index (χ0v) is 10.7. The molecule has 0 radical (unpaired) electrons. The second kappa shape index (κ2) is 5.75. The minimum absolute atomic E-state index is 0.0603. The van der Waals surface area contributed by atoms with E-state index >= 15 is 0 Å². The zero-order chi connectivity index (χ0) is 11.3. The van der Waals surface area contributed by atoms with Crippen LogP contribution in [0.1, 0.15) is 26.7 Å². The predicted molar refractivity (Wildman–Crippen MR) is 66.2 cm³/mol. The Hall–Kier alpha value is -0.220. The fraction of sp³-hybridized carbons (Fsp3) is 0.909. The fourth-order valence-corrected chi connectivity index (χ4v) is 2.12. The summed E-state index contributed by atoms with van der Waals surface area (Å²) in [5.74, 6) is 0.161. The SMILES string of the molecule is CSC(C)C(=O)NCC1(C)CCCNC1. The molecule has 0 saturated carbocycles. The molecule has 88 valence electrons. The van der Waals surface area contributed by atoms with E-state index in [0.717, 1.165) is 19.6 Å². The van der Waals surface area contributed by atoms with Gasteiger partial charge in [-0.25, -0.2) is 0 Å². The second-order valence-electron chi connectivity index (χ2n) is 4.69. The van der Waals surface area contributed by atoms with Crippen LogP contribution in [0.15, 0.2) is 0 Å². The maximum atomic E-state index is 11.6. The van der Waals surface area contributed by atoms with Crippen molar-refractivity contribution in [2.75, 3.05) is 25.9 Å². The van der Waals surface area contributed by atoms with Gasteiger partial charge < -0.3 is 10.6 Å². The lowest BCUT2D eigenvalue weighted by Gasteiger charge is -2.34. The Morgan fingerprint density at radius 1 is 1.67 bits per heavy atom. The van der Waals surface area contributed by atoms with Crippen molar-refractivity contribution in [2.45, 2.75) is 31.9 Å². The highest BCUT2D eigenvalue weighted by Crippen LogP contribution is 2.24. The van der Waals surface area contributed by atoms with Crippen LogP contribution in [-0.4, -0.2) is 37.0 Å². The van der Waals surface area contributed by atoms with Crippen molar-refractivity contribution in [1.29, 1.82) is 0 Å². The number of hydrogen-bond acceptors (Lipinski definition) is 3. The van der Waals surface area contributed by atoms with Gasteiger partial charge in [0, 0.05) is 13.1 Å². The van der Waals surface area contributed by atoms with Crippen LogP contribution < -0.4 is 10.6 Å². The van der Waals surface area contributed by atoms with Crippen molar-refractivity contribution >= 4 is 17.7 Å². The lowest BCUT2D eigenvalue weighted by molar-refractivity contribution is -0.120. The molecule has 1 heterocycles. The standard InChI is InChI=1S/C11H22N2OS/c1-9(15-3)10(14)13-8-11(2)5-4-6-12-7-11/h9,12H,4-8H2,1-3H3,(H,13,14). The molecular weight excluding hydrogens is 208 g/mol. The van der Waals surface area contributed by atoms with Gasteiger partial charge in [-0.1, -0.05) is 6.92 Å². The fourth-order valence-electron chi connectivity index (χ4n) is 1.82. The third-order valence-corrected chi connectivity index (χ3v) is 4.02. The van der Waals surface area contributed by atoms with Crippen LogP contribution in [0.5, 0.6) is 0 Å². The van der Waals surface area contributed by atoms with E-state index in [4.69, 9.17) is 0 Å². The number of hydrogen-bond donors (Lipinski definition) is 2. The van der Waals surface area contributed by atoms with Gasteiger partial charge in [-0.2, -0.15) is 11.8 Å². The average Bonchev–Trinajstić information content (AvgIpc) is 2.26. The van der Waals surface area contributed by atoms with Crippen molar-refractivity contribution in [3.63, 3.8) is 0 Å². The Morgan fingerprint density at radius 3 is 2.93 bits per heavy atom. The lowest BCUT2D eigenvalue weighted by Crippen LogP contribution is -2.46. The second-order valence-corrected chi connectivity index (χ2v) is 5.87. The summed E-state index contributed by atoms with van der Waals surface area (Å²) in [4.78, 5) is 11.6. The molecule has 2 atom stereocenters. The predicted octanol–water partition coefficient (Wildman–Crippen LogP) is 1.24.